The molecule has 0 aromatic rings. The molecule has 10 heavy (non-hydrogen) atoms. The molecular formula is C9H15S. The van der Waals surface area contributed by atoms with Crippen molar-refractivity contribution >= 4 is 11.8 Å². The van der Waals surface area contributed by atoms with E-state index in [4.69, 9.17) is 0 Å². The van der Waals surface area contributed by atoms with Crippen LogP contribution in [-0.4, -0.2) is 12.0 Å². The van der Waals surface area contributed by atoms with Gasteiger partial charge in [-0.25, -0.2) is 0 Å². The van der Waals surface area contributed by atoms with Crippen LogP contribution in [0.15, 0.2) is 0 Å². The number of unbranched alkanes of at least 4 members (excludes halogenated alkanes) is 2. The van der Waals surface area contributed by atoms with Crippen molar-refractivity contribution in [3.63, 3.8) is 0 Å². The van der Waals surface area contributed by atoms with Gasteiger partial charge in [0.25, 0.3) is 0 Å². The Bertz CT molecular complexity index is 108. The standard InChI is InChI=1S/C9H15S/c1-3-4-5-6-7-8-9-10-2/h1,3-4,7-9H2,2H3. The molecule has 0 aromatic carbocycles. The van der Waals surface area contributed by atoms with Crippen molar-refractivity contribution in [2.75, 3.05) is 12.0 Å². The Balaban J connectivity index is 2.96. The summed E-state index contributed by atoms with van der Waals surface area (Å²) in [7, 11) is 0. The van der Waals surface area contributed by atoms with E-state index in [1.807, 2.05) is 11.8 Å². The molecule has 1 radical (unpaired) electrons. The van der Waals surface area contributed by atoms with Gasteiger partial charge in [-0.1, -0.05) is 6.92 Å². The van der Waals surface area contributed by atoms with E-state index < -0.39 is 0 Å². The first-order chi connectivity index (χ1) is 4.91. The van der Waals surface area contributed by atoms with Gasteiger partial charge in [0.2, 0.25) is 0 Å². The first-order valence-electron chi connectivity index (χ1n) is 3.65. The lowest BCUT2D eigenvalue weighted by Crippen LogP contribution is -1.75. The summed E-state index contributed by atoms with van der Waals surface area (Å²) in [6.45, 7) is 3.71. The van der Waals surface area contributed by atoms with E-state index in [9.17, 15) is 0 Å². The van der Waals surface area contributed by atoms with Crippen molar-refractivity contribution in [1.82, 2.24) is 0 Å². The molecule has 0 N–H and O–H groups in total. The summed E-state index contributed by atoms with van der Waals surface area (Å²) in [6.07, 6.45) is 6.31. The van der Waals surface area contributed by atoms with Gasteiger partial charge in [0.15, 0.2) is 0 Å². The third-order valence-electron chi connectivity index (χ3n) is 1.08. The first-order valence-corrected chi connectivity index (χ1v) is 5.05. The quantitative estimate of drug-likeness (QED) is 0.444. The van der Waals surface area contributed by atoms with E-state index >= 15 is 0 Å². The Morgan fingerprint density at radius 3 is 2.60 bits per heavy atom. The molecule has 0 atom stereocenters. The first kappa shape index (κ1) is 9.91. The van der Waals surface area contributed by atoms with Crippen molar-refractivity contribution in [3.8, 4) is 11.8 Å². The van der Waals surface area contributed by atoms with Gasteiger partial charge in [-0.3, -0.25) is 0 Å². The Kier molecular flexibility index (Phi) is 8.83. The van der Waals surface area contributed by atoms with E-state index in [1.165, 1.54) is 12.2 Å². The lowest BCUT2D eigenvalue weighted by Gasteiger charge is -1.87. The van der Waals surface area contributed by atoms with Gasteiger partial charge < -0.3 is 0 Å². The van der Waals surface area contributed by atoms with Crippen LogP contribution in [-0.2, 0) is 0 Å². The lowest BCUT2D eigenvalue weighted by atomic mass is 10.3. The van der Waals surface area contributed by atoms with E-state index in [0.717, 1.165) is 19.3 Å². The van der Waals surface area contributed by atoms with Gasteiger partial charge in [-0.2, -0.15) is 11.8 Å². The van der Waals surface area contributed by atoms with Crippen LogP contribution < -0.4 is 0 Å². The summed E-state index contributed by atoms with van der Waals surface area (Å²) in [6, 6.07) is 0. The summed E-state index contributed by atoms with van der Waals surface area (Å²) < 4.78 is 0. The summed E-state index contributed by atoms with van der Waals surface area (Å²) >= 11 is 1.89. The Morgan fingerprint density at radius 2 is 2.00 bits per heavy atom. The minimum atomic E-state index is 0.940. The summed E-state index contributed by atoms with van der Waals surface area (Å²) in [5, 5.41) is 0. The van der Waals surface area contributed by atoms with Crippen LogP contribution in [0.2, 0.25) is 0 Å². The molecule has 0 amide bonds. The van der Waals surface area contributed by atoms with Gasteiger partial charge in [0.05, 0.1) is 0 Å². The van der Waals surface area contributed by atoms with Crippen LogP contribution in [0.1, 0.15) is 25.7 Å². The molecule has 0 saturated carbocycles. The fourth-order valence-corrected chi connectivity index (χ4v) is 1.00. The number of rotatable bonds is 4. The third-order valence-corrected chi connectivity index (χ3v) is 1.77. The van der Waals surface area contributed by atoms with Gasteiger partial charge in [-0.05, 0) is 24.9 Å². The highest BCUT2D eigenvalue weighted by atomic mass is 32.2. The van der Waals surface area contributed by atoms with Gasteiger partial charge >= 0.3 is 0 Å². The van der Waals surface area contributed by atoms with Crippen molar-refractivity contribution in [2.45, 2.75) is 25.7 Å². The SMILES string of the molecule is [CH2]CCC#CCCCSC. The lowest BCUT2D eigenvalue weighted by molar-refractivity contribution is 0.992. The van der Waals surface area contributed by atoms with Crippen LogP contribution in [0, 0.1) is 18.8 Å². The van der Waals surface area contributed by atoms with Crippen LogP contribution in [0.25, 0.3) is 0 Å². The second-order valence-electron chi connectivity index (χ2n) is 2.05. The second-order valence-corrected chi connectivity index (χ2v) is 3.04. The predicted molar refractivity (Wildman–Crippen MR) is 50.0 cm³/mol. The Labute approximate surface area is 68.8 Å². The molecular weight excluding hydrogens is 140 g/mol. The highest BCUT2D eigenvalue weighted by Gasteiger charge is 1.79. The Morgan fingerprint density at radius 1 is 1.30 bits per heavy atom. The minimum Gasteiger partial charge on any atom is -0.165 e. The smallest absolute Gasteiger partial charge is 0.00965 e. The molecule has 0 unspecified atom stereocenters. The largest absolute Gasteiger partial charge is 0.165 e. The predicted octanol–water partition coefficient (Wildman–Crippen LogP) is 2.75. The summed E-state index contributed by atoms with van der Waals surface area (Å²) in [5.74, 6) is 7.43. The zero-order valence-electron chi connectivity index (χ0n) is 6.65. The monoisotopic (exact) mass is 155 g/mol. The fraction of sp³-hybridized carbons (Fsp3) is 0.667. The second kappa shape index (κ2) is 8.91. The zero-order valence-corrected chi connectivity index (χ0v) is 7.47. The maximum atomic E-state index is 3.71. The molecule has 0 aliphatic carbocycles. The topological polar surface area (TPSA) is 0 Å². The average Bonchev–Trinajstić information content (AvgIpc) is 1.97. The number of hydrogen-bond donors (Lipinski definition) is 0. The number of thioether (sulfide) groups is 1. The summed E-state index contributed by atoms with van der Waals surface area (Å²) in [5.41, 5.74) is 0. The molecule has 0 fully saturated rings. The minimum absolute atomic E-state index is 0.940. The molecule has 0 aliphatic rings. The molecule has 1 heteroatoms. The van der Waals surface area contributed by atoms with Crippen molar-refractivity contribution in [1.29, 1.82) is 0 Å². The molecule has 0 rings (SSSR count). The molecule has 0 saturated heterocycles. The van der Waals surface area contributed by atoms with Crippen molar-refractivity contribution in [2.24, 2.45) is 0 Å². The molecule has 0 bridgehead atoms. The van der Waals surface area contributed by atoms with Crippen LogP contribution in [0.5, 0.6) is 0 Å². The van der Waals surface area contributed by atoms with E-state index in [-0.39, 0.29) is 0 Å². The Hall–Kier alpha value is -0.0900. The third kappa shape index (κ3) is 7.91. The van der Waals surface area contributed by atoms with Gasteiger partial charge in [0, 0.05) is 12.8 Å². The van der Waals surface area contributed by atoms with E-state index in [1.54, 1.807) is 0 Å². The molecule has 0 aromatic heterocycles. The van der Waals surface area contributed by atoms with E-state index in [2.05, 4.69) is 25.0 Å². The van der Waals surface area contributed by atoms with Gasteiger partial charge in [0.1, 0.15) is 0 Å². The average molecular weight is 155 g/mol. The molecule has 57 valence electrons. The maximum Gasteiger partial charge on any atom is 0.00965 e. The van der Waals surface area contributed by atoms with Crippen LogP contribution in [0.3, 0.4) is 0 Å². The molecule has 0 heterocycles. The molecule has 0 nitrogen and oxygen atoms in total. The number of hydrogen-bond acceptors (Lipinski definition) is 1. The highest BCUT2D eigenvalue weighted by Crippen LogP contribution is 1.97. The van der Waals surface area contributed by atoms with Gasteiger partial charge in [-0.15, -0.1) is 11.8 Å². The zero-order chi connectivity index (χ0) is 7.66. The van der Waals surface area contributed by atoms with Crippen molar-refractivity contribution < 1.29 is 0 Å². The van der Waals surface area contributed by atoms with Crippen molar-refractivity contribution in [3.05, 3.63) is 6.92 Å². The molecule has 0 aliphatic heterocycles. The van der Waals surface area contributed by atoms with E-state index in [0.29, 0.717) is 0 Å². The summed E-state index contributed by atoms with van der Waals surface area (Å²) in [4.78, 5) is 0. The highest BCUT2D eigenvalue weighted by molar-refractivity contribution is 7.98. The fourth-order valence-electron chi connectivity index (χ4n) is 0.570. The van der Waals surface area contributed by atoms with Crippen LogP contribution >= 0.6 is 11.8 Å². The maximum absolute atomic E-state index is 3.71. The van der Waals surface area contributed by atoms with Crippen LogP contribution in [0.4, 0.5) is 0 Å². The normalized spacial score (nSPS) is 8.60. The molecule has 0 spiro atoms.